The van der Waals surface area contributed by atoms with E-state index in [1.165, 1.54) is 5.56 Å². The smallest absolute Gasteiger partial charge is 0.248 e. The zero-order valence-electron chi connectivity index (χ0n) is 16.6. The molecular formula is C23H24N2O2S. The van der Waals surface area contributed by atoms with Crippen molar-refractivity contribution in [3.63, 3.8) is 0 Å². The SMILES string of the molecule is Cc1cc(C)c(NC(=O)/C=C/c2cccc(OCc3csc(C)n3)c2)c(C)c1. The van der Waals surface area contributed by atoms with Gasteiger partial charge in [-0.05, 0) is 62.6 Å². The first kappa shape index (κ1) is 19.8. The molecule has 0 saturated heterocycles. The molecule has 4 nitrogen and oxygen atoms in total. The van der Waals surface area contributed by atoms with Crippen LogP contribution >= 0.6 is 11.3 Å². The molecule has 0 radical (unpaired) electrons. The molecule has 0 aliphatic heterocycles. The molecule has 0 unspecified atom stereocenters. The van der Waals surface area contributed by atoms with Gasteiger partial charge >= 0.3 is 0 Å². The van der Waals surface area contributed by atoms with E-state index in [2.05, 4.69) is 29.4 Å². The summed E-state index contributed by atoms with van der Waals surface area (Å²) in [4.78, 5) is 16.7. The van der Waals surface area contributed by atoms with Crippen LogP contribution in [0.1, 0.15) is 33.0 Å². The van der Waals surface area contributed by atoms with Gasteiger partial charge in [0.15, 0.2) is 0 Å². The molecule has 0 saturated carbocycles. The van der Waals surface area contributed by atoms with Crippen LogP contribution in [0.25, 0.3) is 6.08 Å². The molecule has 1 amide bonds. The van der Waals surface area contributed by atoms with Gasteiger partial charge in [-0.3, -0.25) is 4.79 Å². The van der Waals surface area contributed by atoms with Crippen LogP contribution in [0, 0.1) is 27.7 Å². The van der Waals surface area contributed by atoms with E-state index in [0.29, 0.717) is 6.61 Å². The Labute approximate surface area is 169 Å². The molecule has 144 valence electrons. The molecule has 3 rings (SSSR count). The fourth-order valence-corrected chi connectivity index (χ4v) is 3.65. The molecule has 0 spiro atoms. The van der Waals surface area contributed by atoms with Crippen molar-refractivity contribution in [2.75, 3.05) is 5.32 Å². The lowest BCUT2D eigenvalue weighted by atomic mass is 10.1. The fourth-order valence-electron chi connectivity index (χ4n) is 3.05. The number of aryl methyl sites for hydroxylation is 4. The number of nitrogens with one attached hydrogen (secondary N) is 1. The third-order valence-electron chi connectivity index (χ3n) is 4.26. The molecule has 0 bridgehead atoms. The van der Waals surface area contributed by atoms with Gasteiger partial charge in [0.25, 0.3) is 0 Å². The molecule has 1 heterocycles. The molecule has 0 fully saturated rings. The average molecular weight is 393 g/mol. The van der Waals surface area contributed by atoms with E-state index in [4.69, 9.17) is 4.74 Å². The van der Waals surface area contributed by atoms with Crippen LogP contribution in [0.4, 0.5) is 5.69 Å². The van der Waals surface area contributed by atoms with Crippen molar-refractivity contribution < 1.29 is 9.53 Å². The maximum Gasteiger partial charge on any atom is 0.248 e. The molecule has 5 heteroatoms. The third kappa shape index (κ3) is 5.30. The minimum absolute atomic E-state index is 0.153. The number of hydrogen-bond donors (Lipinski definition) is 1. The predicted octanol–water partition coefficient (Wildman–Crippen LogP) is 5.61. The van der Waals surface area contributed by atoms with Crippen molar-refractivity contribution in [2.24, 2.45) is 0 Å². The van der Waals surface area contributed by atoms with Crippen LogP contribution in [0.3, 0.4) is 0 Å². The van der Waals surface area contributed by atoms with Crippen molar-refractivity contribution in [3.8, 4) is 5.75 Å². The highest BCUT2D eigenvalue weighted by Gasteiger charge is 2.06. The maximum atomic E-state index is 12.3. The molecular weight excluding hydrogens is 368 g/mol. The van der Waals surface area contributed by atoms with Crippen molar-refractivity contribution in [2.45, 2.75) is 34.3 Å². The summed E-state index contributed by atoms with van der Waals surface area (Å²) in [6.45, 7) is 8.47. The Kier molecular flexibility index (Phi) is 6.26. The zero-order chi connectivity index (χ0) is 20.1. The number of ether oxygens (including phenoxy) is 1. The summed E-state index contributed by atoms with van der Waals surface area (Å²) in [5, 5.41) is 6.00. The highest BCUT2D eigenvalue weighted by atomic mass is 32.1. The Balaban J connectivity index is 1.63. The number of thiazole rings is 1. The Morgan fingerprint density at radius 1 is 1.14 bits per heavy atom. The lowest BCUT2D eigenvalue weighted by Crippen LogP contribution is -2.10. The van der Waals surface area contributed by atoms with Crippen LogP contribution in [0.5, 0.6) is 5.75 Å². The van der Waals surface area contributed by atoms with Crippen LogP contribution in [-0.2, 0) is 11.4 Å². The van der Waals surface area contributed by atoms with Gasteiger partial charge in [-0.2, -0.15) is 0 Å². The number of carbonyl (C=O) groups excluding carboxylic acids is 1. The largest absolute Gasteiger partial charge is 0.487 e. The summed E-state index contributed by atoms with van der Waals surface area (Å²) in [5.41, 5.74) is 6.01. The molecule has 1 aromatic heterocycles. The van der Waals surface area contributed by atoms with Gasteiger partial charge in [-0.15, -0.1) is 11.3 Å². The first-order chi connectivity index (χ1) is 13.4. The average Bonchev–Trinajstić information content (AvgIpc) is 3.07. The highest BCUT2D eigenvalue weighted by Crippen LogP contribution is 2.22. The van der Waals surface area contributed by atoms with Gasteiger partial charge in [-0.25, -0.2) is 4.98 Å². The van der Waals surface area contributed by atoms with Crippen LogP contribution in [-0.4, -0.2) is 10.9 Å². The topological polar surface area (TPSA) is 51.2 Å². The van der Waals surface area contributed by atoms with Gasteiger partial charge in [0, 0.05) is 17.1 Å². The molecule has 2 aromatic carbocycles. The lowest BCUT2D eigenvalue weighted by Gasteiger charge is -2.11. The minimum atomic E-state index is -0.153. The number of benzene rings is 2. The van der Waals surface area contributed by atoms with E-state index in [0.717, 1.165) is 38.8 Å². The Hall–Kier alpha value is -2.92. The van der Waals surface area contributed by atoms with Gasteiger partial charge in [0.05, 0.1) is 10.7 Å². The summed E-state index contributed by atoms with van der Waals surface area (Å²) in [6.07, 6.45) is 3.33. The van der Waals surface area contributed by atoms with Crippen molar-refractivity contribution in [1.82, 2.24) is 4.98 Å². The number of anilines is 1. The van der Waals surface area contributed by atoms with Crippen LogP contribution in [0.15, 0.2) is 47.9 Å². The molecule has 3 aromatic rings. The standard InChI is InChI=1S/C23H24N2O2S/c1-15-10-16(2)23(17(3)11-15)25-22(26)9-8-19-6-5-7-21(12-19)27-13-20-14-28-18(4)24-20/h5-12,14H,13H2,1-4H3,(H,25,26)/b9-8+. The quantitative estimate of drug-likeness (QED) is 0.555. The van der Waals surface area contributed by atoms with Gasteiger partial charge in [-0.1, -0.05) is 29.8 Å². The number of aromatic nitrogens is 1. The molecule has 28 heavy (non-hydrogen) atoms. The van der Waals surface area contributed by atoms with Crippen molar-refractivity contribution in [1.29, 1.82) is 0 Å². The molecule has 0 atom stereocenters. The molecule has 0 aliphatic carbocycles. The summed E-state index contributed by atoms with van der Waals surface area (Å²) in [6, 6.07) is 11.8. The number of amides is 1. The predicted molar refractivity (Wildman–Crippen MR) is 116 cm³/mol. The monoisotopic (exact) mass is 392 g/mol. The van der Waals surface area contributed by atoms with E-state index >= 15 is 0 Å². The number of carbonyl (C=O) groups is 1. The van der Waals surface area contributed by atoms with Crippen molar-refractivity contribution >= 4 is 29.0 Å². The molecule has 1 N–H and O–H groups in total. The number of rotatable bonds is 6. The normalized spacial score (nSPS) is 11.0. The Morgan fingerprint density at radius 2 is 1.89 bits per heavy atom. The van der Waals surface area contributed by atoms with Gasteiger partial charge in [0.2, 0.25) is 5.91 Å². The lowest BCUT2D eigenvalue weighted by molar-refractivity contribution is -0.111. The van der Waals surface area contributed by atoms with Crippen molar-refractivity contribution in [3.05, 3.63) is 80.8 Å². The van der Waals surface area contributed by atoms with E-state index in [1.54, 1.807) is 23.5 Å². The van der Waals surface area contributed by atoms with Crippen LogP contribution in [0.2, 0.25) is 0 Å². The first-order valence-electron chi connectivity index (χ1n) is 9.11. The zero-order valence-corrected chi connectivity index (χ0v) is 17.4. The third-order valence-corrected chi connectivity index (χ3v) is 5.09. The minimum Gasteiger partial charge on any atom is -0.487 e. The summed E-state index contributed by atoms with van der Waals surface area (Å²) < 4.78 is 5.80. The summed E-state index contributed by atoms with van der Waals surface area (Å²) in [7, 11) is 0. The Morgan fingerprint density at radius 3 is 2.57 bits per heavy atom. The van der Waals surface area contributed by atoms with Crippen LogP contribution < -0.4 is 10.1 Å². The summed E-state index contributed by atoms with van der Waals surface area (Å²) >= 11 is 1.61. The van der Waals surface area contributed by atoms with Gasteiger partial charge in [0.1, 0.15) is 12.4 Å². The second-order valence-electron chi connectivity index (χ2n) is 6.82. The van der Waals surface area contributed by atoms with Gasteiger partial charge < -0.3 is 10.1 Å². The number of nitrogens with zero attached hydrogens (tertiary/aromatic N) is 1. The second-order valence-corrected chi connectivity index (χ2v) is 7.88. The van der Waals surface area contributed by atoms with E-state index in [1.807, 2.05) is 50.4 Å². The van der Waals surface area contributed by atoms with E-state index in [-0.39, 0.29) is 5.91 Å². The first-order valence-corrected chi connectivity index (χ1v) is 9.99. The maximum absolute atomic E-state index is 12.3. The number of hydrogen-bond acceptors (Lipinski definition) is 4. The summed E-state index contributed by atoms with van der Waals surface area (Å²) in [5.74, 6) is 0.595. The second kappa shape index (κ2) is 8.85. The molecule has 0 aliphatic rings. The highest BCUT2D eigenvalue weighted by molar-refractivity contribution is 7.09. The van der Waals surface area contributed by atoms with E-state index in [9.17, 15) is 4.79 Å². The van der Waals surface area contributed by atoms with E-state index < -0.39 is 0 Å². The Bertz CT molecular complexity index is 998. The fraction of sp³-hybridized carbons (Fsp3) is 0.217.